The summed E-state index contributed by atoms with van der Waals surface area (Å²) in [5, 5.41) is 14.9. The molecule has 0 bridgehead atoms. The first kappa shape index (κ1) is 22.1. The van der Waals surface area contributed by atoms with Crippen molar-refractivity contribution in [1.29, 1.82) is 5.26 Å². The van der Waals surface area contributed by atoms with Gasteiger partial charge in [0.05, 0.1) is 10.6 Å². The van der Waals surface area contributed by atoms with Gasteiger partial charge in [-0.1, -0.05) is 18.2 Å². The van der Waals surface area contributed by atoms with Gasteiger partial charge in [-0.25, -0.2) is 22.9 Å². The third kappa shape index (κ3) is 5.03. The molecule has 0 radical (unpaired) electrons. The van der Waals surface area contributed by atoms with Gasteiger partial charge in [0, 0.05) is 29.1 Å². The fraction of sp³-hybridized carbons (Fsp3) is 0.0417. The first-order chi connectivity index (χ1) is 15.8. The van der Waals surface area contributed by atoms with Gasteiger partial charge in [-0.2, -0.15) is 5.26 Å². The number of aromatic nitrogens is 2. The van der Waals surface area contributed by atoms with Gasteiger partial charge >= 0.3 is 0 Å². The van der Waals surface area contributed by atoms with Gasteiger partial charge in [0.2, 0.25) is 15.9 Å². The van der Waals surface area contributed by atoms with E-state index in [4.69, 9.17) is 9.88 Å². The Kier molecular flexibility index (Phi) is 6.13. The highest BCUT2D eigenvalue weighted by atomic mass is 32.2. The first-order valence-electron chi connectivity index (χ1n) is 9.71. The summed E-state index contributed by atoms with van der Waals surface area (Å²) < 4.78 is 42.5. The molecule has 0 amide bonds. The number of halogens is 1. The van der Waals surface area contributed by atoms with E-state index < -0.39 is 15.8 Å². The molecule has 0 atom stereocenters. The van der Waals surface area contributed by atoms with Crippen LogP contribution in [0.1, 0.15) is 11.1 Å². The number of pyridine rings is 2. The van der Waals surface area contributed by atoms with Crippen molar-refractivity contribution in [3.05, 3.63) is 96.1 Å². The van der Waals surface area contributed by atoms with Crippen LogP contribution in [0, 0.1) is 17.1 Å². The summed E-state index contributed by atoms with van der Waals surface area (Å²) in [5.74, 6) is -0.287. The van der Waals surface area contributed by atoms with Gasteiger partial charge in [0.15, 0.2) is 0 Å². The lowest BCUT2D eigenvalue weighted by atomic mass is 9.98. The minimum atomic E-state index is -3.86. The molecule has 7 nitrogen and oxygen atoms in total. The fourth-order valence-electron chi connectivity index (χ4n) is 3.19. The van der Waals surface area contributed by atoms with Crippen molar-refractivity contribution >= 4 is 10.0 Å². The number of nitrogens with two attached hydrogens (primary N) is 1. The molecule has 0 saturated carbocycles. The van der Waals surface area contributed by atoms with Crippen LogP contribution in [0.2, 0.25) is 0 Å². The van der Waals surface area contributed by atoms with Crippen molar-refractivity contribution in [2.24, 2.45) is 5.14 Å². The molecule has 0 spiro atoms. The Hall–Kier alpha value is -4.13. The van der Waals surface area contributed by atoms with E-state index in [-0.39, 0.29) is 22.9 Å². The van der Waals surface area contributed by atoms with Crippen LogP contribution in [0.3, 0.4) is 0 Å². The standard InChI is InChI=1S/C24H17FN4O3S/c25-20-7-3-18(4-8-20)23-22(17-5-9-21(10-6-17)33(27,30)31)12-19(13-26)24(29-23)32-15-16-2-1-11-28-14-16/h1-12,14H,15H2,(H2,27,30,31). The lowest BCUT2D eigenvalue weighted by Crippen LogP contribution is -2.11. The van der Waals surface area contributed by atoms with Crippen molar-refractivity contribution in [3.63, 3.8) is 0 Å². The van der Waals surface area contributed by atoms with Crippen molar-refractivity contribution in [3.8, 4) is 34.3 Å². The normalized spacial score (nSPS) is 11.1. The second-order valence-corrected chi connectivity index (χ2v) is 8.64. The number of rotatable bonds is 6. The summed E-state index contributed by atoms with van der Waals surface area (Å²) in [7, 11) is -3.86. The number of benzene rings is 2. The van der Waals surface area contributed by atoms with Crippen LogP contribution in [0.4, 0.5) is 4.39 Å². The highest BCUT2D eigenvalue weighted by Crippen LogP contribution is 2.35. The third-order valence-electron chi connectivity index (χ3n) is 4.82. The summed E-state index contributed by atoms with van der Waals surface area (Å²) in [6, 6.07) is 18.9. The number of nitriles is 1. The quantitative estimate of drug-likeness (QED) is 0.464. The van der Waals surface area contributed by atoms with Crippen molar-refractivity contribution < 1.29 is 17.5 Å². The van der Waals surface area contributed by atoms with E-state index in [0.29, 0.717) is 22.4 Å². The van der Waals surface area contributed by atoms with E-state index in [1.54, 1.807) is 48.8 Å². The Balaban J connectivity index is 1.82. The summed E-state index contributed by atoms with van der Waals surface area (Å²) >= 11 is 0. The number of primary sulfonamides is 1. The first-order valence-corrected chi connectivity index (χ1v) is 11.3. The molecule has 0 aliphatic carbocycles. The number of hydrogen-bond donors (Lipinski definition) is 1. The third-order valence-corrected chi connectivity index (χ3v) is 5.75. The van der Waals surface area contributed by atoms with Gasteiger partial charge in [0.1, 0.15) is 24.1 Å². The smallest absolute Gasteiger partial charge is 0.238 e. The molecule has 0 aliphatic rings. The Morgan fingerprint density at radius 1 is 1.03 bits per heavy atom. The molecule has 4 rings (SSSR count). The molecule has 2 N–H and O–H groups in total. The van der Waals surface area contributed by atoms with Gasteiger partial charge in [-0.3, -0.25) is 4.98 Å². The van der Waals surface area contributed by atoms with E-state index in [0.717, 1.165) is 5.56 Å². The molecule has 4 aromatic rings. The second kappa shape index (κ2) is 9.16. The van der Waals surface area contributed by atoms with E-state index in [1.165, 1.54) is 24.3 Å². The van der Waals surface area contributed by atoms with Crippen molar-refractivity contribution in [1.82, 2.24) is 9.97 Å². The van der Waals surface area contributed by atoms with Crippen LogP contribution in [-0.4, -0.2) is 18.4 Å². The molecule has 0 unspecified atom stereocenters. The molecule has 164 valence electrons. The molecular weight excluding hydrogens is 443 g/mol. The van der Waals surface area contributed by atoms with Gasteiger partial charge in [-0.15, -0.1) is 0 Å². The molecule has 2 aromatic heterocycles. The van der Waals surface area contributed by atoms with E-state index in [1.807, 2.05) is 6.07 Å². The Morgan fingerprint density at radius 3 is 2.33 bits per heavy atom. The van der Waals surface area contributed by atoms with Crippen molar-refractivity contribution in [2.45, 2.75) is 11.5 Å². The second-order valence-electron chi connectivity index (χ2n) is 7.08. The maximum absolute atomic E-state index is 13.5. The zero-order valence-electron chi connectivity index (χ0n) is 17.1. The molecule has 9 heteroatoms. The molecule has 0 fully saturated rings. The van der Waals surface area contributed by atoms with Crippen LogP contribution in [0.15, 0.2) is 84.0 Å². The lowest BCUT2D eigenvalue weighted by Gasteiger charge is -2.14. The number of hydrogen-bond acceptors (Lipinski definition) is 6. The van der Waals surface area contributed by atoms with Crippen LogP contribution >= 0.6 is 0 Å². The Bertz CT molecular complexity index is 1430. The maximum Gasteiger partial charge on any atom is 0.238 e. The lowest BCUT2D eigenvalue weighted by molar-refractivity contribution is 0.293. The molecule has 0 saturated heterocycles. The molecule has 0 aliphatic heterocycles. The topological polar surface area (TPSA) is 119 Å². The average Bonchev–Trinajstić information content (AvgIpc) is 2.83. The zero-order valence-corrected chi connectivity index (χ0v) is 18.0. The van der Waals surface area contributed by atoms with Gasteiger partial charge < -0.3 is 4.74 Å². The monoisotopic (exact) mass is 460 g/mol. The zero-order chi connectivity index (χ0) is 23.4. The highest BCUT2D eigenvalue weighted by Gasteiger charge is 2.17. The average molecular weight is 460 g/mol. The molecule has 33 heavy (non-hydrogen) atoms. The number of nitrogens with zero attached hydrogens (tertiary/aromatic N) is 3. The summed E-state index contributed by atoms with van der Waals surface area (Å²) in [6.07, 6.45) is 3.29. The Morgan fingerprint density at radius 2 is 1.73 bits per heavy atom. The van der Waals surface area contributed by atoms with E-state index in [2.05, 4.69) is 16.0 Å². The van der Waals surface area contributed by atoms with E-state index in [9.17, 15) is 18.1 Å². The summed E-state index contributed by atoms with van der Waals surface area (Å²) in [4.78, 5) is 8.57. The van der Waals surface area contributed by atoms with Gasteiger partial charge in [0.25, 0.3) is 0 Å². The fourth-order valence-corrected chi connectivity index (χ4v) is 3.71. The van der Waals surface area contributed by atoms with E-state index >= 15 is 0 Å². The molecule has 2 aromatic carbocycles. The summed E-state index contributed by atoms with van der Waals surface area (Å²) in [5.41, 5.74) is 3.18. The summed E-state index contributed by atoms with van der Waals surface area (Å²) in [6.45, 7) is 0.154. The van der Waals surface area contributed by atoms with Crippen molar-refractivity contribution in [2.75, 3.05) is 0 Å². The SMILES string of the molecule is N#Cc1cc(-c2ccc(S(N)(=O)=O)cc2)c(-c2ccc(F)cc2)nc1OCc1cccnc1. The molecular formula is C24H17FN4O3S. The Labute approximate surface area is 190 Å². The van der Waals surface area contributed by atoms with Crippen LogP contribution in [0.5, 0.6) is 5.88 Å². The molecule has 2 heterocycles. The predicted molar refractivity (Wildman–Crippen MR) is 120 cm³/mol. The number of ether oxygens (including phenoxy) is 1. The van der Waals surface area contributed by atoms with Crippen LogP contribution in [-0.2, 0) is 16.6 Å². The number of sulfonamides is 1. The largest absolute Gasteiger partial charge is 0.472 e. The highest BCUT2D eigenvalue weighted by molar-refractivity contribution is 7.89. The van der Waals surface area contributed by atoms with Crippen LogP contribution < -0.4 is 9.88 Å². The maximum atomic E-state index is 13.5. The minimum Gasteiger partial charge on any atom is -0.472 e. The van der Waals surface area contributed by atoms with Crippen LogP contribution in [0.25, 0.3) is 22.4 Å². The van der Waals surface area contributed by atoms with Gasteiger partial charge in [-0.05, 0) is 54.1 Å². The predicted octanol–water partition coefficient (Wildman–Crippen LogP) is 4.05. The minimum absolute atomic E-state index is 0.0422.